The Balaban J connectivity index is 1.87. The normalized spacial score (nSPS) is 29.3. The molecule has 1 aliphatic carbocycles. The summed E-state index contributed by atoms with van der Waals surface area (Å²) >= 11 is 0. The van der Waals surface area contributed by atoms with Gasteiger partial charge in [0.1, 0.15) is 0 Å². The summed E-state index contributed by atoms with van der Waals surface area (Å²) in [6, 6.07) is 1.55. The average Bonchev–Trinajstić information content (AvgIpc) is 2.45. The van der Waals surface area contributed by atoms with Gasteiger partial charge >= 0.3 is 0 Å². The van der Waals surface area contributed by atoms with Crippen molar-refractivity contribution in [1.82, 2.24) is 10.2 Å². The summed E-state index contributed by atoms with van der Waals surface area (Å²) in [5.74, 6) is 1.86. The van der Waals surface area contributed by atoms with E-state index >= 15 is 0 Å². The van der Waals surface area contributed by atoms with E-state index in [-0.39, 0.29) is 0 Å². The van der Waals surface area contributed by atoms with E-state index in [1.807, 2.05) is 0 Å². The van der Waals surface area contributed by atoms with Crippen LogP contribution in [0.3, 0.4) is 0 Å². The zero-order valence-corrected chi connectivity index (χ0v) is 15.1. The standard InChI is InChI=1S/C19H38N2/c1-15(2)21(14-16-10-12-20-13-11-16)18-8-6-17(7-9-18)19(3,4)5/h15-18,20H,6-14H2,1-5H3. The predicted octanol–water partition coefficient (Wildman–Crippen LogP) is 4.30. The van der Waals surface area contributed by atoms with E-state index < -0.39 is 0 Å². The van der Waals surface area contributed by atoms with Gasteiger partial charge in [-0.2, -0.15) is 0 Å². The summed E-state index contributed by atoms with van der Waals surface area (Å²) in [6.45, 7) is 15.9. The van der Waals surface area contributed by atoms with Crippen LogP contribution in [-0.4, -0.2) is 36.6 Å². The van der Waals surface area contributed by atoms with Crippen molar-refractivity contribution >= 4 is 0 Å². The van der Waals surface area contributed by atoms with Crippen molar-refractivity contribution in [3.8, 4) is 0 Å². The Bertz CT molecular complexity index is 291. The number of hydrogen-bond acceptors (Lipinski definition) is 2. The fourth-order valence-corrected chi connectivity index (χ4v) is 4.42. The van der Waals surface area contributed by atoms with Gasteiger partial charge in [-0.3, -0.25) is 4.90 Å². The summed E-state index contributed by atoms with van der Waals surface area (Å²) in [7, 11) is 0. The van der Waals surface area contributed by atoms with Crippen LogP contribution in [0.25, 0.3) is 0 Å². The second kappa shape index (κ2) is 7.46. The molecule has 2 aliphatic rings. The molecule has 21 heavy (non-hydrogen) atoms. The van der Waals surface area contributed by atoms with Crippen LogP contribution in [0.2, 0.25) is 0 Å². The molecule has 124 valence electrons. The summed E-state index contributed by atoms with van der Waals surface area (Å²) in [4.78, 5) is 2.84. The molecule has 0 bridgehead atoms. The van der Waals surface area contributed by atoms with Crippen LogP contribution < -0.4 is 5.32 Å². The molecular formula is C19H38N2. The van der Waals surface area contributed by atoms with E-state index in [4.69, 9.17) is 0 Å². The Kier molecular flexibility index (Phi) is 6.14. The minimum absolute atomic E-state index is 0.503. The van der Waals surface area contributed by atoms with Crippen LogP contribution >= 0.6 is 0 Å². The van der Waals surface area contributed by atoms with Crippen molar-refractivity contribution in [3.63, 3.8) is 0 Å². The SMILES string of the molecule is CC(C)N(CC1CCNCC1)C1CCC(C(C)(C)C)CC1. The molecule has 1 saturated heterocycles. The zero-order valence-electron chi connectivity index (χ0n) is 15.1. The fourth-order valence-electron chi connectivity index (χ4n) is 4.42. The van der Waals surface area contributed by atoms with E-state index in [1.165, 1.54) is 58.2 Å². The Morgan fingerprint density at radius 2 is 1.52 bits per heavy atom. The van der Waals surface area contributed by atoms with E-state index in [0.29, 0.717) is 11.5 Å². The van der Waals surface area contributed by atoms with Gasteiger partial charge in [0.2, 0.25) is 0 Å². The van der Waals surface area contributed by atoms with Crippen LogP contribution in [0.1, 0.15) is 73.1 Å². The maximum atomic E-state index is 3.50. The lowest BCUT2D eigenvalue weighted by Gasteiger charge is -2.44. The second-order valence-electron chi connectivity index (χ2n) is 8.86. The third-order valence-electron chi connectivity index (χ3n) is 5.98. The first-order valence-electron chi connectivity index (χ1n) is 9.34. The van der Waals surface area contributed by atoms with Crippen molar-refractivity contribution in [1.29, 1.82) is 0 Å². The van der Waals surface area contributed by atoms with Gasteiger partial charge < -0.3 is 5.32 Å². The molecule has 0 atom stereocenters. The molecule has 1 heterocycles. The van der Waals surface area contributed by atoms with Gasteiger partial charge in [0.15, 0.2) is 0 Å². The topological polar surface area (TPSA) is 15.3 Å². The smallest absolute Gasteiger partial charge is 0.00982 e. The molecule has 2 fully saturated rings. The molecule has 0 radical (unpaired) electrons. The first-order chi connectivity index (χ1) is 9.88. The highest BCUT2D eigenvalue weighted by molar-refractivity contribution is 4.87. The molecule has 0 unspecified atom stereocenters. The van der Waals surface area contributed by atoms with Gasteiger partial charge in [-0.05, 0) is 82.7 Å². The monoisotopic (exact) mass is 294 g/mol. The third-order valence-corrected chi connectivity index (χ3v) is 5.98. The largest absolute Gasteiger partial charge is 0.317 e. The number of nitrogens with zero attached hydrogens (tertiary/aromatic N) is 1. The molecule has 2 nitrogen and oxygen atoms in total. The number of piperidine rings is 1. The van der Waals surface area contributed by atoms with Crippen LogP contribution in [0, 0.1) is 17.3 Å². The van der Waals surface area contributed by atoms with Gasteiger partial charge in [-0.25, -0.2) is 0 Å². The third kappa shape index (κ3) is 4.96. The summed E-state index contributed by atoms with van der Waals surface area (Å²) in [6.07, 6.45) is 8.46. The van der Waals surface area contributed by atoms with Gasteiger partial charge in [0.25, 0.3) is 0 Å². The summed E-state index contributed by atoms with van der Waals surface area (Å²) in [5, 5.41) is 3.50. The number of hydrogen-bond donors (Lipinski definition) is 1. The quantitative estimate of drug-likeness (QED) is 0.831. The van der Waals surface area contributed by atoms with Crippen LogP contribution in [0.15, 0.2) is 0 Å². The lowest BCUT2D eigenvalue weighted by Crippen LogP contribution is -2.47. The van der Waals surface area contributed by atoms with Crippen molar-refractivity contribution in [2.75, 3.05) is 19.6 Å². The first-order valence-corrected chi connectivity index (χ1v) is 9.34. The molecule has 0 spiro atoms. The van der Waals surface area contributed by atoms with Crippen molar-refractivity contribution in [2.24, 2.45) is 17.3 Å². The van der Waals surface area contributed by atoms with Crippen molar-refractivity contribution < 1.29 is 0 Å². The number of rotatable bonds is 4. The molecular weight excluding hydrogens is 256 g/mol. The van der Waals surface area contributed by atoms with Crippen molar-refractivity contribution in [3.05, 3.63) is 0 Å². The van der Waals surface area contributed by atoms with E-state index in [1.54, 1.807) is 0 Å². The summed E-state index contributed by atoms with van der Waals surface area (Å²) in [5.41, 5.74) is 0.503. The first kappa shape index (κ1) is 17.3. The minimum atomic E-state index is 0.503. The average molecular weight is 295 g/mol. The Morgan fingerprint density at radius 1 is 0.952 bits per heavy atom. The molecule has 2 heteroatoms. The lowest BCUT2D eigenvalue weighted by molar-refractivity contribution is 0.0594. The Labute approximate surface area is 133 Å². The maximum absolute atomic E-state index is 3.50. The van der Waals surface area contributed by atoms with Crippen LogP contribution in [0.4, 0.5) is 0 Å². The van der Waals surface area contributed by atoms with Gasteiger partial charge in [-0.1, -0.05) is 20.8 Å². The Hall–Kier alpha value is -0.0800. The summed E-state index contributed by atoms with van der Waals surface area (Å²) < 4.78 is 0. The van der Waals surface area contributed by atoms with E-state index in [2.05, 4.69) is 44.8 Å². The maximum Gasteiger partial charge on any atom is 0.00982 e. The van der Waals surface area contributed by atoms with Crippen LogP contribution in [-0.2, 0) is 0 Å². The van der Waals surface area contributed by atoms with Gasteiger partial charge in [0, 0.05) is 18.6 Å². The Morgan fingerprint density at radius 3 is 2.00 bits per heavy atom. The van der Waals surface area contributed by atoms with E-state index in [0.717, 1.165) is 17.9 Å². The van der Waals surface area contributed by atoms with E-state index in [9.17, 15) is 0 Å². The molecule has 0 aromatic rings. The molecule has 1 N–H and O–H groups in total. The minimum Gasteiger partial charge on any atom is -0.317 e. The second-order valence-corrected chi connectivity index (χ2v) is 8.86. The highest BCUT2D eigenvalue weighted by Gasteiger charge is 2.33. The zero-order chi connectivity index (χ0) is 15.5. The van der Waals surface area contributed by atoms with Gasteiger partial charge in [0.05, 0.1) is 0 Å². The molecule has 0 aromatic carbocycles. The number of nitrogens with one attached hydrogen (secondary N) is 1. The highest BCUT2D eigenvalue weighted by atomic mass is 15.2. The molecule has 0 aromatic heterocycles. The van der Waals surface area contributed by atoms with Crippen LogP contribution in [0.5, 0.6) is 0 Å². The highest BCUT2D eigenvalue weighted by Crippen LogP contribution is 2.39. The fraction of sp³-hybridized carbons (Fsp3) is 1.00. The lowest BCUT2D eigenvalue weighted by atomic mass is 9.71. The molecule has 0 amide bonds. The predicted molar refractivity (Wildman–Crippen MR) is 92.6 cm³/mol. The molecule has 1 aliphatic heterocycles. The van der Waals surface area contributed by atoms with Crippen molar-refractivity contribution in [2.45, 2.75) is 85.2 Å². The molecule has 2 rings (SSSR count). The van der Waals surface area contributed by atoms with Gasteiger partial charge in [-0.15, -0.1) is 0 Å². The molecule has 1 saturated carbocycles.